The number of nitrogens with zero attached hydrogens (tertiary/aromatic N) is 2. The van der Waals surface area contributed by atoms with Crippen molar-refractivity contribution in [2.75, 3.05) is 4.90 Å². The van der Waals surface area contributed by atoms with Crippen LogP contribution in [0.25, 0.3) is 77.5 Å². The Labute approximate surface area is 312 Å². The number of fused-ring (bicyclic) bond motifs is 8. The Kier molecular flexibility index (Phi) is 6.56. The van der Waals surface area contributed by atoms with Crippen LogP contribution in [0.3, 0.4) is 0 Å². The van der Waals surface area contributed by atoms with Crippen molar-refractivity contribution >= 4 is 60.9 Å². The minimum atomic E-state index is -0.125. The Balaban J connectivity index is 1.26. The van der Waals surface area contributed by atoms with E-state index in [4.69, 9.17) is 13.8 Å². The molecule has 0 saturated carbocycles. The summed E-state index contributed by atoms with van der Waals surface area (Å²) >= 11 is 0. The van der Waals surface area contributed by atoms with Crippen LogP contribution in [0.4, 0.5) is 17.1 Å². The molecule has 0 fully saturated rings. The largest absolute Gasteiger partial charge is 0.454 e. The minimum Gasteiger partial charge on any atom is -0.454 e. The molecule has 4 heteroatoms. The zero-order valence-electron chi connectivity index (χ0n) is 29.9. The Morgan fingerprint density at radius 3 is 2.11 bits per heavy atom. The SMILES string of the molecule is CC1(C)c2ccccc2-c2cc(N(c3ccccc3-c3ccc4ccccc4c3)c3c4oc(-c5ccccc5)nc4cc4c3oc3ccccc34)ccc21. The summed E-state index contributed by atoms with van der Waals surface area (Å²) in [6.07, 6.45) is 0. The number of hydrogen-bond donors (Lipinski definition) is 0. The van der Waals surface area contributed by atoms with E-state index >= 15 is 0 Å². The van der Waals surface area contributed by atoms with Crippen molar-refractivity contribution in [2.45, 2.75) is 19.3 Å². The second kappa shape index (κ2) is 11.5. The van der Waals surface area contributed by atoms with Crippen molar-refractivity contribution in [2.24, 2.45) is 0 Å². The predicted molar refractivity (Wildman–Crippen MR) is 222 cm³/mol. The number of oxazole rings is 1. The molecule has 1 aliphatic carbocycles. The maximum Gasteiger partial charge on any atom is 0.227 e. The summed E-state index contributed by atoms with van der Waals surface area (Å²) in [5.74, 6) is 0.566. The van der Waals surface area contributed by atoms with E-state index < -0.39 is 0 Å². The highest BCUT2D eigenvalue weighted by Gasteiger charge is 2.36. The quantitative estimate of drug-likeness (QED) is 0.180. The van der Waals surface area contributed by atoms with Gasteiger partial charge < -0.3 is 13.7 Å². The topological polar surface area (TPSA) is 42.4 Å². The maximum absolute atomic E-state index is 6.89. The average Bonchev–Trinajstić information content (AvgIpc) is 3.89. The molecule has 10 aromatic rings. The summed E-state index contributed by atoms with van der Waals surface area (Å²) in [5, 5.41) is 4.42. The van der Waals surface area contributed by atoms with Gasteiger partial charge in [-0.25, -0.2) is 4.98 Å². The summed E-state index contributed by atoms with van der Waals surface area (Å²) < 4.78 is 13.8. The molecule has 2 aromatic heterocycles. The molecule has 0 unspecified atom stereocenters. The van der Waals surface area contributed by atoms with Gasteiger partial charge in [0.2, 0.25) is 5.89 Å². The van der Waals surface area contributed by atoms with Gasteiger partial charge in [-0.2, -0.15) is 0 Å². The number of rotatable bonds is 5. The van der Waals surface area contributed by atoms with Gasteiger partial charge in [-0.15, -0.1) is 0 Å². The van der Waals surface area contributed by atoms with Crippen LogP contribution in [-0.4, -0.2) is 4.98 Å². The van der Waals surface area contributed by atoms with E-state index in [-0.39, 0.29) is 5.41 Å². The summed E-state index contributed by atoms with van der Waals surface area (Å²) in [7, 11) is 0. The molecule has 4 nitrogen and oxygen atoms in total. The molecule has 2 heterocycles. The monoisotopic (exact) mass is 694 g/mol. The molecule has 256 valence electrons. The van der Waals surface area contributed by atoms with Gasteiger partial charge in [-0.1, -0.05) is 135 Å². The lowest BCUT2D eigenvalue weighted by molar-refractivity contribution is 0.618. The smallest absolute Gasteiger partial charge is 0.227 e. The number of para-hydroxylation sites is 2. The molecule has 0 amide bonds. The fourth-order valence-corrected chi connectivity index (χ4v) is 8.64. The number of benzene rings is 8. The summed E-state index contributed by atoms with van der Waals surface area (Å²) in [5.41, 5.74) is 14.0. The van der Waals surface area contributed by atoms with E-state index in [1.165, 1.54) is 33.0 Å². The Morgan fingerprint density at radius 1 is 0.500 bits per heavy atom. The Bertz CT molecular complexity index is 3100. The van der Waals surface area contributed by atoms with Crippen LogP contribution in [0.15, 0.2) is 179 Å². The third-order valence-corrected chi connectivity index (χ3v) is 11.3. The van der Waals surface area contributed by atoms with Crippen LogP contribution in [-0.2, 0) is 5.41 Å². The first kappa shape index (κ1) is 30.7. The number of furan rings is 1. The van der Waals surface area contributed by atoms with Crippen molar-refractivity contribution in [3.05, 3.63) is 181 Å². The highest BCUT2D eigenvalue weighted by Crippen LogP contribution is 2.53. The lowest BCUT2D eigenvalue weighted by Gasteiger charge is -2.29. The molecule has 0 aliphatic heterocycles. The standard InChI is InChI=1S/C50H34N2O2/c1-50(2)41-21-11-8-19-37(41)39-29-35(26-27-42(39)50)52(44-22-12-9-18-36(44)34-25-24-31-14-6-7-17-33(31)28-34)46-47-40(38-20-10-13-23-45(38)53-47)30-43-48(46)54-49(51-43)32-15-4-3-5-16-32/h3-30H,1-2H3. The molecule has 8 aromatic carbocycles. The average molecular weight is 695 g/mol. The third kappa shape index (κ3) is 4.53. The fraction of sp³-hybridized carbons (Fsp3) is 0.0600. The number of anilines is 3. The van der Waals surface area contributed by atoms with Gasteiger partial charge in [0.1, 0.15) is 16.8 Å². The van der Waals surface area contributed by atoms with E-state index in [0.717, 1.165) is 61.2 Å². The van der Waals surface area contributed by atoms with E-state index in [2.05, 4.69) is 146 Å². The fourth-order valence-electron chi connectivity index (χ4n) is 8.64. The lowest BCUT2D eigenvalue weighted by Crippen LogP contribution is -2.15. The summed E-state index contributed by atoms with van der Waals surface area (Å²) in [4.78, 5) is 7.48. The van der Waals surface area contributed by atoms with Gasteiger partial charge in [0.15, 0.2) is 11.2 Å². The highest BCUT2D eigenvalue weighted by atomic mass is 16.4. The molecule has 0 atom stereocenters. The summed E-state index contributed by atoms with van der Waals surface area (Å²) in [6, 6.07) is 60.1. The number of aromatic nitrogens is 1. The molecule has 1 aliphatic rings. The maximum atomic E-state index is 6.89. The van der Waals surface area contributed by atoms with Gasteiger partial charge in [0.05, 0.1) is 5.69 Å². The Morgan fingerprint density at radius 2 is 1.22 bits per heavy atom. The molecule has 0 N–H and O–H groups in total. The van der Waals surface area contributed by atoms with Crippen LogP contribution in [0.5, 0.6) is 0 Å². The van der Waals surface area contributed by atoms with Crippen molar-refractivity contribution in [3.8, 4) is 33.7 Å². The molecule has 54 heavy (non-hydrogen) atoms. The number of hydrogen-bond acceptors (Lipinski definition) is 4. The zero-order valence-corrected chi connectivity index (χ0v) is 29.9. The second-order valence-electron chi connectivity index (χ2n) is 14.7. The third-order valence-electron chi connectivity index (χ3n) is 11.3. The Hall–Kier alpha value is -6.91. The lowest BCUT2D eigenvalue weighted by atomic mass is 9.82. The second-order valence-corrected chi connectivity index (χ2v) is 14.7. The normalized spacial score (nSPS) is 13.1. The van der Waals surface area contributed by atoms with Crippen molar-refractivity contribution < 1.29 is 8.83 Å². The van der Waals surface area contributed by atoms with E-state index in [0.29, 0.717) is 11.5 Å². The van der Waals surface area contributed by atoms with Crippen LogP contribution in [0.1, 0.15) is 25.0 Å². The molecule has 0 bridgehead atoms. The van der Waals surface area contributed by atoms with Gasteiger partial charge in [0, 0.05) is 33.0 Å². The van der Waals surface area contributed by atoms with Crippen LogP contribution < -0.4 is 4.90 Å². The van der Waals surface area contributed by atoms with Crippen LogP contribution >= 0.6 is 0 Å². The highest BCUT2D eigenvalue weighted by molar-refractivity contribution is 6.18. The van der Waals surface area contributed by atoms with Crippen LogP contribution in [0, 0.1) is 0 Å². The van der Waals surface area contributed by atoms with Crippen molar-refractivity contribution in [1.29, 1.82) is 0 Å². The van der Waals surface area contributed by atoms with E-state index in [1.54, 1.807) is 0 Å². The van der Waals surface area contributed by atoms with Gasteiger partial charge in [-0.3, -0.25) is 0 Å². The predicted octanol–water partition coefficient (Wildman–Crippen LogP) is 14.0. The van der Waals surface area contributed by atoms with Gasteiger partial charge in [0.25, 0.3) is 0 Å². The van der Waals surface area contributed by atoms with Gasteiger partial charge in [-0.05, 0) is 87.1 Å². The molecule has 0 saturated heterocycles. The minimum absolute atomic E-state index is 0.125. The first-order chi connectivity index (χ1) is 26.5. The van der Waals surface area contributed by atoms with Crippen LogP contribution in [0.2, 0.25) is 0 Å². The van der Waals surface area contributed by atoms with Crippen molar-refractivity contribution in [1.82, 2.24) is 4.98 Å². The molecular formula is C50H34N2O2. The van der Waals surface area contributed by atoms with Gasteiger partial charge >= 0.3 is 0 Å². The first-order valence-electron chi connectivity index (χ1n) is 18.5. The first-order valence-corrected chi connectivity index (χ1v) is 18.5. The summed E-state index contributed by atoms with van der Waals surface area (Å²) in [6.45, 7) is 4.64. The molecular weight excluding hydrogens is 661 g/mol. The molecule has 0 spiro atoms. The van der Waals surface area contributed by atoms with E-state index in [1.807, 2.05) is 42.5 Å². The van der Waals surface area contributed by atoms with E-state index in [9.17, 15) is 0 Å². The zero-order chi connectivity index (χ0) is 36.0. The van der Waals surface area contributed by atoms with Crippen molar-refractivity contribution in [3.63, 3.8) is 0 Å². The molecule has 0 radical (unpaired) electrons. The molecule has 11 rings (SSSR count).